The standard InChI is InChI=1S/C25H28N4S/c1-18-12-14-19(15-13-18)28-17-7-11-22(28)24-23(21-10-5-6-16-26-21)27-25(30)29(24)20-8-3-2-4-9-20/h5-7,10-17,20,23-24H,2-4,8-9H2,1H3,(H,27,30)/t23-,24-/m0/s1. The maximum atomic E-state index is 5.90. The van der Waals surface area contributed by atoms with Crippen LogP contribution in [0.1, 0.15) is 61.1 Å². The number of thiocarbonyl (C=S) groups is 1. The molecule has 0 bridgehead atoms. The Morgan fingerprint density at radius 2 is 1.77 bits per heavy atom. The van der Waals surface area contributed by atoms with Gasteiger partial charge in [0.25, 0.3) is 0 Å². The van der Waals surface area contributed by atoms with Crippen molar-refractivity contribution in [3.8, 4) is 5.69 Å². The van der Waals surface area contributed by atoms with Crippen LogP contribution < -0.4 is 5.32 Å². The van der Waals surface area contributed by atoms with E-state index < -0.39 is 0 Å². The fraction of sp³-hybridized carbons (Fsp3) is 0.360. The quantitative estimate of drug-likeness (QED) is 0.571. The molecule has 2 fully saturated rings. The summed E-state index contributed by atoms with van der Waals surface area (Å²) in [5.41, 5.74) is 4.75. The second-order valence-corrected chi connectivity index (χ2v) is 8.85. The van der Waals surface area contributed by atoms with Gasteiger partial charge in [-0.05, 0) is 68.4 Å². The molecule has 1 aliphatic heterocycles. The number of nitrogens with zero attached hydrogens (tertiary/aromatic N) is 3. The van der Waals surface area contributed by atoms with Gasteiger partial charge >= 0.3 is 0 Å². The van der Waals surface area contributed by atoms with Crippen molar-refractivity contribution in [2.45, 2.75) is 57.2 Å². The van der Waals surface area contributed by atoms with E-state index in [-0.39, 0.29) is 12.1 Å². The predicted molar refractivity (Wildman–Crippen MR) is 125 cm³/mol. The highest BCUT2D eigenvalue weighted by atomic mass is 32.1. The zero-order valence-electron chi connectivity index (χ0n) is 17.4. The van der Waals surface area contributed by atoms with Gasteiger partial charge in [-0.1, -0.05) is 43.0 Å². The van der Waals surface area contributed by atoms with Gasteiger partial charge in [-0.15, -0.1) is 0 Å². The molecule has 3 aromatic rings. The van der Waals surface area contributed by atoms with Crippen LogP contribution in [-0.4, -0.2) is 25.6 Å². The summed E-state index contributed by atoms with van der Waals surface area (Å²) in [5, 5.41) is 4.49. The lowest BCUT2D eigenvalue weighted by atomic mass is 9.92. The first-order chi connectivity index (χ1) is 14.7. The molecule has 2 atom stereocenters. The van der Waals surface area contributed by atoms with Gasteiger partial charge in [0.05, 0.1) is 17.8 Å². The molecule has 5 heteroatoms. The molecule has 1 saturated carbocycles. The summed E-state index contributed by atoms with van der Waals surface area (Å²) in [5.74, 6) is 0. The van der Waals surface area contributed by atoms with Gasteiger partial charge in [-0.25, -0.2) is 0 Å². The highest BCUT2D eigenvalue weighted by molar-refractivity contribution is 7.80. The molecule has 0 amide bonds. The van der Waals surface area contributed by atoms with Gasteiger partial charge in [0.15, 0.2) is 5.11 Å². The van der Waals surface area contributed by atoms with Crippen LogP contribution in [0.15, 0.2) is 67.0 Å². The fourth-order valence-electron chi connectivity index (χ4n) is 5.01. The summed E-state index contributed by atoms with van der Waals surface area (Å²) in [6.45, 7) is 2.13. The number of benzene rings is 1. The van der Waals surface area contributed by atoms with E-state index in [0.717, 1.165) is 10.8 Å². The van der Waals surface area contributed by atoms with E-state index in [0.29, 0.717) is 6.04 Å². The third kappa shape index (κ3) is 3.52. The van der Waals surface area contributed by atoms with Gasteiger partial charge < -0.3 is 14.8 Å². The van der Waals surface area contributed by atoms with Crippen LogP contribution >= 0.6 is 12.2 Å². The summed E-state index contributed by atoms with van der Waals surface area (Å²) in [6, 6.07) is 19.9. The highest BCUT2D eigenvalue weighted by Crippen LogP contribution is 2.43. The van der Waals surface area contributed by atoms with Crippen molar-refractivity contribution in [2.24, 2.45) is 0 Å². The summed E-state index contributed by atoms with van der Waals surface area (Å²) in [4.78, 5) is 7.17. The average Bonchev–Trinajstić information content (AvgIpc) is 3.40. The Morgan fingerprint density at radius 1 is 0.967 bits per heavy atom. The van der Waals surface area contributed by atoms with E-state index in [4.69, 9.17) is 17.2 Å². The van der Waals surface area contributed by atoms with Crippen LogP contribution in [0, 0.1) is 6.92 Å². The van der Waals surface area contributed by atoms with Gasteiger partial charge in [-0.2, -0.15) is 0 Å². The normalized spacial score (nSPS) is 22.3. The summed E-state index contributed by atoms with van der Waals surface area (Å²) in [7, 11) is 0. The zero-order chi connectivity index (χ0) is 20.5. The van der Waals surface area contributed by atoms with Crippen LogP contribution in [-0.2, 0) is 0 Å². The number of aryl methyl sites for hydroxylation is 1. The molecule has 2 aromatic heterocycles. The smallest absolute Gasteiger partial charge is 0.170 e. The maximum absolute atomic E-state index is 5.90. The van der Waals surface area contributed by atoms with E-state index in [1.165, 1.54) is 49.0 Å². The second kappa shape index (κ2) is 8.23. The first-order valence-corrected chi connectivity index (χ1v) is 11.4. The van der Waals surface area contributed by atoms with E-state index in [1.54, 1.807) is 0 Å². The van der Waals surface area contributed by atoms with Crippen molar-refractivity contribution in [1.82, 2.24) is 19.8 Å². The first kappa shape index (κ1) is 19.3. The molecule has 0 radical (unpaired) electrons. The number of pyridine rings is 1. The van der Waals surface area contributed by atoms with Gasteiger partial charge in [0, 0.05) is 29.8 Å². The molecule has 0 unspecified atom stereocenters. The van der Waals surface area contributed by atoms with Gasteiger partial charge in [-0.3, -0.25) is 4.98 Å². The Kier molecular flexibility index (Phi) is 5.30. The third-order valence-electron chi connectivity index (χ3n) is 6.50. The minimum atomic E-state index is 0.0414. The molecule has 4 nitrogen and oxygen atoms in total. The van der Waals surface area contributed by atoms with Crippen molar-refractivity contribution in [3.63, 3.8) is 0 Å². The Labute approximate surface area is 183 Å². The number of hydrogen-bond acceptors (Lipinski definition) is 2. The predicted octanol–water partition coefficient (Wildman–Crippen LogP) is 5.49. The van der Waals surface area contributed by atoms with Crippen molar-refractivity contribution in [3.05, 3.63) is 83.9 Å². The Morgan fingerprint density at radius 3 is 2.50 bits per heavy atom. The Balaban J connectivity index is 1.60. The lowest BCUT2D eigenvalue weighted by molar-refractivity contribution is 0.193. The maximum Gasteiger partial charge on any atom is 0.170 e. The molecular formula is C25H28N4S. The second-order valence-electron chi connectivity index (χ2n) is 8.46. The summed E-state index contributed by atoms with van der Waals surface area (Å²) < 4.78 is 2.31. The van der Waals surface area contributed by atoms with Crippen molar-refractivity contribution in [2.75, 3.05) is 0 Å². The SMILES string of the molecule is Cc1ccc(-n2cccc2[C@H]2[C@H](c3ccccn3)NC(=S)N2C2CCCCC2)cc1. The number of nitrogens with one attached hydrogen (secondary N) is 1. The lowest BCUT2D eigenvalue weighted by Crippen LogP contribution is -2.40. The molecule has 1 N–H and O–H groups in total. The molecule has 0 spiro atoms. The van der Waals surface area contributed by atoms with E-state index in [9.17, 15) is 0 Å². The van der Waals surface area contributed by atoms with Crippen LogP contribution in [0.5, 0.6) is 0 Å². The fourth-order valence-corrected chi connectivity index (χ4v) is 5.40. The largest absolute Gasteiger partial charge is 0.352 e. The summed E-state index contributed by atoms with van der Waals surface area (Å²) >= 11 is 5.90. The molecule has 1 saturated heterocycles. The number of hydrogen-bond donors (Lipinski definition) is 1. The minimum Gasteiger partial charge on any atom is -0.352 e. The van der Waals surface area contributed by atoms with Gasteiger partial charge in [0.1, 0.15) is 0 Å². The number of rotatable bonds is 4. The molecule has 1 aromatic carbocycles. The van der Waals surface area contributed by atoms with Crippen molar-refractivity contribution >= 4 is 17.3 Å². The van der Waals surface area contributed by atoms with Crippen LogP contribution in [0.2, 0.25) is 0 Å². The minimum absolute atomic E-state index is 0.0414. The van der Waals surface area contributed by atoms with Gasteiger partial charge in [0.2, 0.25) is 0 Å². The van der Waals surface area contributed by atoms with E-state index >= 15 is 0 Å². The lowest BCUT2D eigenvalue weighted by Gasteiger charge is -2.37. The van der Waals surface area contributed by atoms with Crippen molar-refractivity contribution in [1.29, 1.82) is 0 Å². The summed E-state index contributed by atoms with van der Waals surface area (Å²) in [6.07, 6.45) is 10.3. The monoisotopic (exact) mass is 416 g/mol. The van der Waals surface area contributed by atoms with E-state index in [2.05, 4.69) is 76.4 Å². The average molecular weight is 417 g/mol. The van der Waals surface area contributed by atoms with Crippen LogP contribution in [0.3, 0.4) is 0 Å². The molecule has 2 aliphatic rings. The molecular weight excluding hydrogens is 388 g/mol. The zero-order valence-corrected chi connectivity index (χ0v) is 18.2. The highest BCUT2D eigenvalue weighted by Gasteiger charge is 2.44. The molecule has 154 valence electrons. The third-order valence-corrected chi connectivity index (χ3v) is 6.83. The topological polar surface area (TPSA) is 33.1 Å². The first-order valence-electron chi connectivity index (χ1n) is 11.0. The number of aromatic nitrogens is 2. The molecule has 3 heterocycles. The van der Waals surface area contributed by atoms with Crippen molar-refractivity contribution < 1.29 is 0 Å². The molecule has 5 rings (SSSR count). The van der Waals surface area contributed by atoms with E-state index in [1.807, 2.05) is 12.3 Å². The van der Waals surface area contributed by atoms with Crippen LogP contribution in [0.25, 0.3) is 5.69 Å². The Bertz CT molecular complexity index is 1010. The molecule has 1 aliphatic carbocycles. The Hall–Kier alpha value is -2.66. The molecule has 30 heavy (non-hydrogen) atoms. The van der Waals surface area contributed by atoms with Crippen LogP contribution in [0.4, 0.5) is 0 Å².